The van der Waals surface area contributed by atoms with Gasteiger partial charge in [0.05, 0.1) is 18.0 Å². The van der Waals surface area contributed by atoms with Crippen molar-refractivity contribution in [2.24, 2.45) is 0 Å². The van der Waals surface area contributed by atoms with Crippen molar-refractivity contribution in [2.75, 3.05) is 19.0 Å². The second kappa shape index (κ2) is 5.03. The third-order valence-corrected chi connectivity index (χ3v) is 3.27. The molecular weight excluding hydrogens is 184 g/mol. The number of allylic oxidation sites excluding steroid dienone is 1. The molecule has 1 heterocycles. The molecule has 3 heteroatoms. The second-order valence-electron chi connectivity index (χ2n) is 3.56. The molecule has 0 spiro atoms. The molecule has 2 nitrogen and oxygen atoms in total. The Labute approximate surface area is 84.7 Å². The van der Waals surface area contributed by atoms with Gasteiger partial charge in [0.25, 0.3) is 0 Å². The summed E-state index contributed by atoms with van der Waals surface area (Å²) in [6.07, 6.45) is 4.18. The third kappa shape index (κ3) is 3.33. The minimum Gasteiger partial charge on any atom is -0.349 e. The van der Waals surface area contributed by atoms with E-state index >= 15 is 0 Å². The Kier molecular flexibility index (Phi) is 4.29. The lowest BCUT2D eigenvalue weighted by molar-refractivity contribution is -0.0612. The van der Waals surface area contributed by atoms with E-state index in [-0.39, 0.29) is 11.0 Å². The summed E-state index contributed by atoms with van der Waals surface area (Å²) >= 11 is 1.86. The van der Waals surface area contributed by atoms with Crippen molar-refractivity contribution in [2.45, 2.75) is 31.8 Å². The van der Waals surface area contributed by atoms with Gasteiger partial charge in [-0.25, -0.2) is 0 Å². The van der Waals surface area contributed by atoms with Crippen molar-refractivity contribution in [1.82, 2.24) is 0 Å². The van der Waals surface area contributed by atoms with Crippen LogP contribution >= 0.6 is 11.8 Å². The van der Waals surface area contributed by atoms with E-state index in [4.69, 9.17) is 9.47 Å². The molecule has 1 fully saturated rings. The average molecular weight is 202 g/mol. The number of hydrogen-bond acceptors (Lipinski definition) is 3. The number of hydrogen-bond donors (Lipinski definition) is 0. The Balaban J connectivity index is 2.34. The number of thioether (sulfide) groups is 1. The van der Waals surface area contributed by atoms with Crippen LogP contribution in [0.2, 0.25) is 0 Å². The van der Waals surface area contributed by atoms with Crippen molar-refractivity contribution < 1.29 is 9.47 Å². The maximum absolute atomic E-state index is 5.48. The van der Waals surface area contributed by atoms with Gasteiger partial charge in [0.15, 0.2) is 6.29 Å². The van der Waals surface area contributed by atoms with Gasteiger partial charge in [-0.2, -0.15) is 0 Å². The highest BCUT2D eigenvalue weighted by molar-refractivity contribution is 8.00. The molecule has 0 radical (unpaired) electrons. The lowest BCUT2D eigenvalue weighted by atomic mass is 10.2. The van der Waals surface area contributed by atoms with E-state index < -0.39 is 0 Å². The molecule has 13 heavy (non-hydrogen) atoms. The zero-order valence-corrected chi connectivity index (χ0v) is 9.39. The predicted molar refractivity (Wildman–Crippen MR) is 57.0 cm³/mol. The van der Waals surface area contributed by atoms with E-state index in [1.165, 1.54) is 0 Å². The number of ether oxygens (including phenoxy) is 2. The maximum atomic E-state index is 5.48. The molecule has 76 valence electrons. The van der Waals surface area contributed by atoms with E-state index in [0.29, 0.717) is 0 Å². The standard InChI is InChI=1S/C10H18O2S/c1-4-5-8-13-10(2,3)9-11-6-7-12-9/h4-5,9H,6-8H2,1-3H3/b5-4+. The van der Waals surface area contributed by atoms with Gasteiger partial charge in [-0.3, -0.25) is 0 Å². The predicted octanol–water partition coefficient (Wildman–Crippen LogP) is 2.45. The van der Waals surface area contributed by atoms with Gasteiger partial charge in [-0.1, -0.05) is 12.2 Å². The zero-order valence-electron chi connectivity index (χ0n) is 8.58. The van der Waals surface area contributed by atoms with E-state index in [1.807, 2.05) is 18.7 Å². The first-order valence-electron chi connectivity index (χ1n) is 4.65. The smallest absolute Gasteiger partial charge is 0.171 e. The summed E-state index contributed by atoms with van der Waals surface area (Å²) in [7, 11) is 0. The monoisotopic (exact) mass is 202 g/mol. The second-order valence-corrected chi connectivity index (χ2v) is 5.23. The van der Waals surface area contributed by atoms with Crippen molar-refractivity contribution in [3.05, 3.63) is 12.2 Å². The highest BCUT2D eigenvalue weighted by Gasteiger charge is 2.34. The molecule has 1 aliphatic heterocycles. The summed E-state index contributed by atoms with van der Waals surface area (Å²) in [4.78, 5) is 0. The summed E-state index contributed by atoms with van der Waals surface area (Å²) in [5.41, 5.74) is 0. The molecular formula is C10H18O2S. The molecule has 0 amide bonds. The fourth-order valence-corrected chi connectivity index (χ4v) is 2.18. The molecule has 0 aromatic rings. The Bertz CT molecular complexity index is 172. The SMILES string of the molecule is C/C=C/CSC(C)(C)C1OCCO1. The Morgan fingerprint density at radius 3 is 2.54 bits per heavy atom. The first kappa shape index (κ1) is 11.1. The van der Waals surface area contributed by atoms with Crippen LogP contribution in [-0.2, 0) is 9.47 Å². The van der Waals surface area contributed by atoms with E-state index in [9.17, 15) is 0 Å². The van der Waals surface area contributed by atoms with Crippen molar-refractivity contribution in [1.29, 1.82) is 0 Å². The molecule has 0 N–H and O–H groups in total. The summed E-state index contributed by atoms with van der Waals surface area (Å²) in [6, 6.07) is 0. The Morgan fingerprint density at radius 2 is 2.00 bits per heavy atom. The molecule has 0 atom stereocenters. The van der Waals surface area contributed by atoms with Gasteiger partial charge in [-0.05, 0) is 20.8 Å². The quantitative estimate of drug-likeness (QED) is 0.652. The minimum absolute atomic E-state index is 0.0391. The maximum Gasteiger partial charge on any atom is 0.171 e. The van der Waals surface area contributed by atoms with Crippen LogP contribution < -0.4 is 0 Å². The van der Waals surface area contributed by atoms with Gasteiger partial charge in [0, 0.05) is 5.75 Å². The lowest BCUT2D eigenvalue weighted by Crippen LogP contribution is -2.33. The molecule has 0 saturated carbocycles. The third-order valence-electron chi connectivity index (χ3n) is 1.98. The van der Waals surface area contributed by atoms with Crippen LogP contribution in [0.1, 0.15) is 20.8 Å². The topological polar surface area (TPSA) is 18.5 Å². The van der Waals surface area contributed by atoms with Crippen molar-refractivity contribution in [3.8, 4) is 0 Å². The van der Waals surface area contributed by atoms with Crippen LogP contribution in [0.3, 0.4) is 0 Å². The van der Waals surface area contributed by atoms with Gasteiger partial charge in [0.2, 0.25) is 0 Å². The first-order valence-corrected chi connectivity index (χ1v) is 5.63. The summed E-state index contributed by atoms with van der Waals surface area (Å²) in [5, 5.41) is 0. The molecule has 0 aromatic heterocycles. The van der Waals surface area contributed by atoms with E-state index in [1.54, 1.807) is 0 Å². The van der Waals surface area contributed by atoms with Crippen LogP contribution in [0, 0.1) is 0 Å². The molecule has 1 rings (SSSR count). The van der Waals surface area contributed by atoms with Crippen molar-refractivity contribution >= 4 is 11.8 Å². The van der Waals surface area contributed by atoms with Crippen molar-refractivity contribution in [3.63, 3.8) is 0 Å². The van der Waals surface area contributed by atoms with E-state index in [0.717, 1.165) is 19.0 Å². The fourth-order valence-electron chi connectivity index (χ4n) is 1.19. The average Bonchev–Trinajstić information content (AvgIpc) is 2.56. The summed E-state index contributed by atoms with van der Waals surface area (Å²) in [6.45, 7) is 7.83. The number of rotatable bonds is 4. The van der Waals surface area contributed by atoms with Gasteiger partial charge >= 0.3 is 0 Å². The molecule has 0 aliphatic carbocycles. The molecule has 0 aromatic carbocycles. The Morgan fingerprint density at radius 1 is 1.38 bits per heavy atom. The first-order chi connectivity index (χ1) is 6.17. The van der Waals surface area contributed by atoms with Gasteiger partial charge in [0.1, 0.15) is 0 Å². The molecule has 1 saturated heterocycles. The fraction of sp³-hybridized carbons (Fsp3) is 0.800. The van der Waals surface area contributed by atoms with Crippen LogP contribution in [0.25, 0.3) is 0 Å². The van der Waals surface area contributed by atoms with Crippen LogP contribution in [0.4, 0.5) is 0 Å². The lowest BCUT2D eigenvalue weighted by Gasteiger charge is -2.28. The van der Waals surface area contributed by atoms with Gasteiger partial charge < -0.3 is 9.47 Å². The Hall–Kier alpha value is 0.01000. The van der Waals surface area contributed by atoms with E-state index in [2.05, 4.69) is 26.0 Å². The summed E-state index contributed by atoms with van der Waals surface area (Å²) < 4.78 is 11.0. The van der Waals surface area contributed by atoms with Crippen LogP contribution in [0.5, 0.6) is 0 Å². The highest BCUT2D eigenvalue weighted by Crippen LogP contribution is 2.32. The summed E-state index contributed by atoms with van der Waals surface area (Å²) in [5.74, 6) is 1.02. The largest absolute Gasteiger partial charge is 0.349 e. The van der Waals surface area contributed by atoms with Crippen LogP contribution in [-0.4, -0.2) is 30.0 Å². The van der Waals surface area contributed by atoms with Crippen LogP contribution in [0.15, 0.2) is 12.2 Å². The molecule has 0 bridgehead atoms. The molecule has 0 unspecified atom stereocenters. The normalized spacial score (nSPS) is 20.2. The van der Waals surface area contributed by atoms with Gasteiger partial charge in [-0.15, -0.1) is 11.8 Å². The highest BCUT2D eigenvalue weighted by atomic mass is 32.2. The molecule has 1 aliphatic rings. The minimum atomic E-state index is -0.0391. The zero-order chi connectivity index (χ0) is 9.73.